The average molecular weight is 628 g/mol. The van der Waals surface area contributed by atoms with Crippen LogP contribution in [0.25, 0.3) is 11.0 Å². The molecule has 1 atom stereocenters. The third-order valence-corrected chi connectivity index (χ3v) is 8.87. The molecular weight excluding hydrogens is 584 g/mol. The summed E-state index contributed by atoms with van der Waals surface area (Å²) in [5.41, 5.74) is 4.11. The van der Waals surface area contributed by atoms with Crippen LogP contribution in [0.4, 0.5) is 14.5 Å². The smallest absolute Gasteiger partial charge is 0.359 e. The Bertz CT molecular complexity index is 1530. The van der Waals surface area contributed by atoms with E-state index in [1.165, 1.54) is 4.68 Å². The fraction of sp³-hybridized carbons (Fsp3) is 0.469. The van der Waals surface area contributed by atoms with Gasteiger partial charge >= 0.3 is 5.97 Å². The lowest BCUT2D eigenvalue weighted by Gasteiger charge is -2.22. The minimum absolute atomic E-state index is 0.00497. The summed E-state index contributed by atoms with van der Waals surface area (Å²) in [5, 5.41) is 7.81. The number of anilines is 1. The molecule has 0 bridgehead atoms. The molecule has 0 amide bonds. The van der Waals surface area contributed by atoms with Gasteiger partial charge in [0.1, 0.15) is 19.0 Å². The summed E-state index contributed by atoms with van der Waals surface area (Å²) in [5.74, 6) is 0.0424. The zero-order valence-electron chi connectivity index (χ0n) is 26.4. The number of nitrogens with zero attached hydrogens (tertiary/aromatic N) is 4. The standard InChI is InChI=1S/C32H43F2N5O4Si/c1-7-15-43-25-12-9-23(10-13-25)30(29-22(3)39(19-28(33)34)37-31(29)32(40)42-8-2)36-24-11-14-27-26(18-24)35-20-38(27)21-41-16-17-44(4,5)6/h9-14,18,20,28,30,36H,7-8,15-17,19,21H2,1-6H3. The molecule has 1 unspecified atom stereocenters. The van der Waals surface area contributed by atoms with Crippen LogP contribution in [0.1, 0.15) is 53.6 Å². The normalized spacial score (nSPS) is 12.6. The van der Waals surface area contributed by atoms with Crippen molar-refractivity contribution < 1.29 is 27.8 Å². The van der Waals surface area contributed by atoms with Crippen LogP contribution in [0.15, 0.2) is 48.8 Å². The lowest BCUT2D eigenvalue weighted by Crippen LogP contribution is -2.21. The number of fused-ring (bicyclic) bond motifs is 1. The van der Waals surface area contributed by atoms with Crippen LogP contribution >= 0.6 is 0 Å². The fourth-order valence-corrected chi connectivity index (χ4v) is 5.58. The summed E-state index contributed by atoms with van der Waals surface area (Å²) in [6.45, 7) is 13.6. The van der Waals surface area contributed by atoms with E-state index < -0.39 is 33.1 Å². The highest BCUT2D eigenvalue weighted by molar-refractivity contribution is 6.76. The highest BCUT2D eigenvalue weighted by Crippen LogP contribution is 2.34. The van der Waals surface area contributed by atoms with Crippen molar-refractivity contribution in [1.29, 1.82) is 0 Å². The molecule has 0 aliphatic carbocycles. The molecule has 12 heteroatoms. The Balaban J connectivity index is 1.70. The van der Waals surface area contributed by atoms with Gasteiger partial charge in [-0.05, 0) is 62.2 Å². The highest BCUT2D eigenvalue weighted by Gasteiger charge is 2.30. The van der Waals surface area contributed by atoms with Crippen molar-refractivity contribution in [3.8, 4) is 5.75 Å². The molecule has 2 aromatic heterocycles. The van der Waals surface area contributed by atoms with Gasteiger partial charge in [0.25, 0.3) is 6.43 Å². The second kappa shape index (κ2) is 14.8. The molecule has 4 aromatic rings. The van der Waals surface area contributed by atoms with Gasteiger partial charge in [0, 0.05) is 31.6 Å². The topological polar surface area (TPSA) is 92.4 Å². The van der Waals surface area contributed by atoms with Crippen molar-refractivity contribution in [3.05, 3.63) is 71.3 Å². The van der Waals surface area contributed by atoms with Crippen molar-refractivity contribution in [2.24, 2.45) is 0 Å². The van der Waals surface area contributed by atoms with Crippen LogP contribution in [-0.2, 0) is 22.7 Å². The van der Waals surface area contributed by atoms with Crippen molar-refractivity contribution in [2.45, 2.75) is 78.6 Å². The number of imidazole rings is 1. The van der Waals surface area contributed by atoms with E-state index in [1.807, 2.05) is 54.0 Å². The maximum Gasteiger partial charge on any atom is 0.359 e. The number of nitrogens with one attached hydrogen (secondary N) is 1. The molecule has 2 heterocycles. The number of hydrogen-bond acceptors (Lipinski definition) is 7. The summed E-state index contributed by atoms with van der Waals surface area (Å²) in [6.07, 6.45) is -0.0116. The first-order valence-corrected chi connectivity index (χ1v) is 18.8. The zero-order chi connectivity index (χ0) is 31.9. The van der Waals surface area contributed by atoms with Crippen molar-refractivity contribution in [2.75, 3.05) is 25.1 Å². The zero-order valence-corrected chi connectivity index (χ0v) is 27.4. The van der Waals surface area contributed by atoms with E-state index in [-0.39, 0.29) is 12.3 Å². The monoisotopic (exact) mass is 627 g/mol. The molecule has 238 valence electrons. The lowest BCUT2D eigenvalue weighted by atomic mass is 9.96. The van der Waals surface area contributed by atoms with Crippen LogP contribution in [0.5, 0.6) is 5.75 Å². The predicted molar refractivity (Wildman–Crippen MR) is 170 cm³/mol. The van der Waals surface area contributed by atoms with Crippen LogP contribution < -0.4 is 10.1 Å². The fourth-order valence-electron chi connectivity index (χ4n) is 4.83. The quantitative estimate of drug-likeness (QED) is 0.0793. The van der Waals surface area contributed by atoms with E-state index in [0.29, 0.717) is 37.0 Å². The number of halogens is 2. The maximum atomic E-state index is 13.5. The third-order valence-electron chi connectivity index (χ3n) is 7.17. The van der Waals surface area contributed by atoms with Gasteiger partial charge in [-0.15, -0.1) is 0 Å². The third kappa shape index (κ3) is 8.44. The Morgan fingerprint density at radius 3 is 2.48 bits per heavy atom. The Kier molecular flexibility index (Phi) is 11.1. The van der Waals surface area contributed by atoms with E-state index in [9.17, 15) is 13.6 Å². The first-order chi connectivity index (χ1) is 21.0. The SMILES string of the molecule is CCCOc1ccc(C(Nc2ccc3c(c2)ncn3COCC[Si](C)(C)C)c2c(C(=O)OCC)nn(CC(F)F)c2C)cc1. The Morgan fingerprint density at radius 2 is 1.82 bits per heavy atom. The lowest BCUT2D eigenvalue weighted by molar-refractivity contribution is 0.0514. The molecule has 0 aliphatic heterocycles. The van der Waals surface area contributed by atoms with Gasteiger partial charge in [0.15, 0.2) is 5.69 Å². The minimum atomic E-state index is -2.64. The van der Waals surface area contributed by atoms with Gasteiger partial charge in [-0.1, -0.05) is 38.7 Å². The Labute approximate surface area is 258 Å². The number of hydrogen-bond donors (Lipinski definition) is 1. The van der Waals surface area contributed by atoms with Crippen molar-refractivity contribution in [3.63, 3.8) is 0 Å². The molecule has 0 radical (unpaired) electrons. The van der Waals surface area contributed by atoms with Crippen LogP contribution in [-0.4, -0.2) is 59.6 Å². The Morgan fingerprint density at radius 1 is 1.07 bits per heavy atom. The molecule has 1 N–H and O–H groups in total. The summed E-state index contributed by atoms with van der Waals surface area (Å²) in [4.78, 5) is 17.6. The van der Waals surface area contributed by atoms with Gasteiger partial charge < -0.3 is 24.1 Å². The Hall–Kier alpha value is -3.77. The molecule has 9 nitrogen and oxygen atoms in total. The van der Waals surface area contributed by atoms with Crippen molar-refractivity contribution in [1.82, 2.24) is 19.3 Å². The van der Waals surface area contributed by atoms with Gasteiger partial charge in [0.2, 0.25) is 0 Å². The number of alkyl halides is 2. The molecule has 0 fully saturated rings. The number of ether oxygens (including phenoxy) is 3. The number of rotatable bonds is 16. The van der Waals surface area contributed by atoms with Gasteiger partial charge in [-0.3, -0.25) is 4.68 Å². The number of aromatic nitrogens is 4. The molecular formula is C32H43F2N5O4Si. The minimum Gasteiger partial charge on any atom is -0.494 e. The van der Waals surface area contributed by atoms with Crippen LogP contribution in [0.2, 0.25) is 25.7 Å². The molecule has 0 saturated heterocycles. The average Bonchev–Trinajstić information content (AvgIpc) is 3.52. The van der Waals surface area contributed by atoms with Gasteiger partial charge in [-0.2, -0.15) is 5.10 Å². The molecule has 0 aliphatic rings. The molecule has 0 saturated carbocycles. The van der Waals surface area contributed by atoms with E-state index in [0.717, 1.165) is 34.7 Å². The summed E-state index contributed by atoms with van der Waals surface area (Å²) < 4.78 is 47.1. The molecule has 44 heavy (non-hydrogen) atoms. The van der Waals surface area contributed by atoms with Gasteiger partial charge in [-0.25, -0.2) is 18.6 Å². The number of benzene rings is 2. The van der Waals surface area contributed by atoms with E-state index >= 15 is 0 Å². The molecule has 4 rings (SSSR count). The van der Waals surface area contributed by atoms with E-state index in [2.05, 4.69) is 35.0 Å². The van der Waals surface area contributed by atoms with Crippen molar-refractivity contribution >= 4 is 30.8 Å². The van der Waals surface area contributed by atoms with E-state index in [4.69, 9.17) is 14.2 Å². The first-order valence-electron chi connectivity index (χ1n) is 15.0. The van der Waals surface area contributed by atoms with E-state index in [1.54, 1.807) is 20.2 Å². The summed E-state index contributed by atoms with van der Waals surface area (Å²) >= 11 is 0. The predicted octanol–water partition coefficient (Wildman–Crippen LogP) is 7.29. The molecule has 0 spiro atoms. The molecule has 2 aromatic carbocycles. The second-order valence-electron chi connectivity index (χ2n) is 11.9. The van der Waals surface area contributed by atoms with Gasteiger partial charge in [0.05, 0.1) is 36.6 Å². The van der Waals surface area contributed by atoms with Crippen LogP contribution in [0, 0.1) is 6.92 Å². The second-order valence-corrected chi connectivity index (χ2v) is 17.5. The number of esters is 1. The van der Waals surface area contributed by atoms with Crippen LogP contribution in [0.3, 0.4) is 0 Å². The first kappa shape index (κ1) is 33.1. The summed E-state index contributed by atoms with van der Waals surface area (Å²) in [6, 6.07) is 13.8. The summed E-state index contributed by atoms with van der Waals surface area (Å²) in [7, 11) is -1.19. The number of carbonyl (C=O) groups is 1. The highest BCUT2D eigenvalue weighted by atomic mass is 28.3. The maximum absolute atomic E-state index is 13.5. The number of carbonyl (C=O) groups excluding carboxylic acids is 1. The largest absolute Gasteiger partial charge is 0.494 e.